The topological polar surface area (TPSA) is 33.3 Å². The van der Waals surface area contributed by atoms with Gasteiger partial charge in [-0.25, -0.2) is 0 Å². The molecule has 0 aromatic rings. The first-order valence-corrected chi connectivity index (χ1v) is 7.32. The molecule has 2 fully saturated rings. The van der Waals surface area contributed by atoms with Crippen LogP contribution in [-0.4, -0.2) is 38.9 Å². The lowest BCUT2D eigenvalue weighted by molar-refractivity contribution is 0.184. The average molecular weight is 240 g/mol. The highest BCUT2D eigenvalue weighted by molar-refractivity contribution is 4.90. The second-order valence-corrected chi connectivity index (χ2v) is 5.77. The first-order chi connectivity index (χ1) is 8.35. The smallest absolute Gasteiger partial charge is 0.0507 e. The van der Waals surface area contributed by atoms with Crippen LogP contribution in [-0.2, 0) is 4.74 Å². The highest BCUT2D eigenvalue weighted by Crippen LogP contribution is 2.30. The van der Waals surface area contributed by atoms with E-state index in [1.54, 1.807) is 0 Å². The molecule has 1 aliphatic carbocycles. The number of ether oxygens (including phenoxy) is 1. The normalized spacial score (nSPS) is 28.4. The van der Waals surface area contributed by atoms with E-state index in [0.29, 0.717) is 5.54 Å². The predicted octanol–water partition coefficient (Wildman–Crippen LogP) is 1.92. The highest BCUT2D eigenvalue weighted by Gasteiger charge is 2.29. The molecule has 2 aliphatic rings. The molecule has 0 aromatic carbocycles. The Morgan fingerprint density at radius 1 is 1.24 bits per heavy atom. The maximum Gasteiger partial charge on any atom is 0.0507 e. The van der Waals surface area contributed by atoms with Crippen LogP contribution in [0.2, 0.25) is 0 Å². The lowest BCUT2D eigenvalue weighted by atomic mass is 9.79. The van der Waals surface area contributed by atoms with Gasteiger partial charge in [-0.05, 0) is 45.2 Å². The van der Waals surface area contributed by atoms with Crippen LogP contribution in [0.15, 0.2) is 0 Å². The Morgan fingerprint density at radius 2 is 2.06 bits per heavy atom. The first kappa shape index (κ1) is 13.3. The third kappa shape index (κ3) is 3.94. The molecule has 3 nitrogen and oxygen atoms in total. The molecule has 1 heterocycles. The molecule has 3 heteroatoms. The zero-order chi connectivity index (χ0) is 12.0. The van der Waals surface area contributed by atoms with Gasteiger partial charge in [0.1, 0.15) is 0 Å². The molecule has 100 valence electrons. The minimum Gasteiger partial charge on any atom is -0.381 e. The van der Waals surface area contributed by atoms with Gasteiger partial charge in [0.25, 0.3) is 0 Å². The monoisotopic (exact) mass is 240 g/mol. The SMILES string of the molecule is CNC1(CCNCC2CCOC2)CCCCC1. The van der Waals surface area contributed by atoms with Gasteiger partial charge in [-0.2, -0.15) is 0 Å². The van der Waals surface area contributed by atoms with Crippen molar-refractivity contribution in [1.82, 2.24) is 10.6 Å². The molecule has 0 bridgehead atoms. The first-order valence-electron chi connectivity index (χ1n) is 7.32. The Bertz CT molecular complexity index is 208. The Labute approximate surface area is 106 Å². The van der Waals surface area contributed by atoms with Crippen LogP contribution in [0.4, 0.5) is 0 Å². The quantitative estimate of drug-likeness (QED) is 0.696. The van der Waals surface area contributed by atoms with Crippen molar-refractivity contribution in [2.24, 2.45) is 5.92 Å². The van der Waals surface area contributed by atoms with E-state index in [4.69, 9.17) is 4.74 Å². The molecular weight excluding hydrogens is 212 g/mol. The van der Waals surface area contributed by atoms with Crippen LogP contribution in [0, 0.1) is 5.92 Å². The highest BCUT2D eigenvalue weighted by atomic mass is 16.5. The summed E-state index contributed by atoms with van der Waals surface area (Å²) in [4.78, 5) is 0. The second kappa shape index (κ2) is 6.72. The fourth-order valence-electron chi connectivity index (χ4n) is 3.23. The summed E-state index contributed by atoms with van der Waals surface area (Å²) in [6, 6.07) is 0. The number of rotatable bonds is 6. The van der Waals surface area contributed by atoms with Gasteiger partial charge in [-0.1, -0.05) is 19.3 Å². The minimum atomic E-state index is 0.428. The maximum absolute atomic E-state index is 5.39. The summed E-state index contributed by atoms with van der Waals surface area (Å²) in [5.74, 6) is 0.756. The van der Waals surface area contributed by atoms with E-state index in [2.05, 4.69) is 17.7 Å². The largest absolute Gasteiger partial charge is 0.381 e. The Hall–Kier alpha value is -0.120. The van der Waals surface area contributed by atoms with Crippen LogP contribution in [0.5, 0.6) is 0 Å². The predicted molar refractivity (Wildman–Crippen MR) is 71.3 cm³/mol. The van der Waals surface area contributed by atoms with Crippen LogP contribution in [0.1, 0.15) is 44.9 Å². The molecule has 1 saturated carbocycles. The lowest BCUT2D eigenvalue weighted by Crippen LogP contribution is -2.46. The molecule has 1 unspecified atom stereocenters. The molecule has 0 spiro atoms. The van der Waals surface area contributed by atoms with Crippen LogP contribution in [0.25, 0.3) is 0 Å². The fraction of sp³-hybridized carbons (Fsp3) is 1.00. The third-order valence-electron chi connectivity index (χ3n) is 4.58. The van der Waals surface area contributed by atoms with Gasteiger partial charge in [0.2, 0.25) is 0 Å². The fourth-order valence-corrected chi connectivity index (χ4v) is 3.23. The second-order valence-electron chi connectivity index (χ2n) is 5.77. The molecular formula is C14H28N2O. The zero-order valence-electron chi connectivity index (χ0n) is 11.3. The summed E-state index contributed by atoms with van der Waals surface area (Å²) in [5, 5.41) is 7.19. The number of hydrogen-bond acceptors (Lipinski definition) is 3. The molecule has 1 aliphatic heterocycles. The molecule has 0 radical (unpaired) electrons. The Balaban J connectivity index is 1.61. The van der Waals surface area contributed by atoms with E-state index in [1.165, 1.54) is 44.9 Å². The Morgan fingerprint density at radius 3 is 2.71 bits per heavy atom. The van der Waals surface area contributed by atoms with E-state index in [9.17, 15) is 0 Å². The van der Waals surface area contributed by atoms with Crippen molar-refractivity contribution >= 4 is 0 Å². The van der Waals surface area contributed by atoms with Gasteiger partial charge in [-0.15, -0.1) is 0 Å². The standard InChI is InChI=1S/C14H28N2O/c1-15-14(6-3-2-4-7-14)8-9-16-11-13-5-10-17-12-13/h13,15-16H,2-12H2,1H3. The average Bonchev–Trinajstić information content (AvgIpc) is 2.89. The molecule has 1 atom stereocenters. The molecule has 2 rings (SSSR count). The van der Waals surface area contributed by atoms with Gasteiger partial charge < -0.3 is 15.4 Å². The van der Waals surface area contributed by atoms with Crippen molar-refractivity contribution in [3.05, 3.63) is 0 Å². The molecule has 0 amide bonds. The van der Waals surface area contributed by atoms with Crippen LogP contribution >= 0.6 is 0 Å². The summed E-state index contributed by atoms with van der Waals surface area (Å²) in [5.41, 5.74) is 0.428. The summed E-state index contributed by atoms with van der Waals surface area (Å²) in [7, 11) is 2.14. The Kier molecular flexibility index (Phi) is 5.26. The van der Waals surface area contributed by atoms with Crippen molar-refractivity contribution in [3.63, 3.8) is 0 Å². The van der Waals surface area contributed by atoms with Gasteiger partial charge in [0.15, 0.2) is 0 Å². The third-order valence-corrected chi connectivity index (χ3v) is 4.58. The maximum atomic E-state index is 5.39. The van der Waals surface area contributed by atoms with Crippen molar-refractivity contribution in [1.29, 1.82) is 0 Å². The van der Waals surface area contributed by atoms with Crippen molar-refractivity contribution in [3.8, 4) is 0 Å². The van der Waals surface area contributed by atoms with E-state index in [-0.39, 0.29) is 0 Å². The summed E-state index contributed by atoms with van der Waals surface area (Å²) < 4.78 is 5.39. The van der Waals surface area contributed by atoms with Gasteiger partial charge in [-0.3, -0.25) is 0 Å². The minimum absolute atomic E-state index is 0.428. The van der Waals surface area contributed by atoms with Crippen LogP contribution in [0.3, 0.4) is 0 Å². The molecule has 1 saturated heterocycles. The zero-order valence-corrected chi connectivity index (χ0v) is 11.3. The van der Waals surface area contributed by atoms with Crippen LogP contribution < -0.4 is 10.6 Å². The number of hydrogen-bond donors (Lipinski definition) is 2. The van der Waals surface area contributed by atoms with E-state index < -0.39 is 0 Å². The van der Waals surface area contributed by atoms with Crippen molar-refractivity contribution in [2.75, 3.05) is 33.4 Å². The lowest BCUT2D eigenvalue weighted by Gasteiger charge is -2.37. The number of nitrogens with one attached hydrogen (secondary N) is 2. The molecule has 0 aromatic heterocycles. The molecule has 17 heavy (non-hydrogen) atoms. The van der Waals surface area contributed by atoms with Gasteiger partial charge >= 0.3 is 0 Å². The summed E-state index contributed by atoms with van der Waals surface area (Å²) >= 11 is 0. The van der Waals surface area contributed by atoms with E-state index in [1.807, 2.05) is 0 Å². The van der Waals surface area contributed by atoms with Crippen molar-refractivity contribution < 1.29 is 4.74 Å². The van der Waals surface area contributed by atoms with Gasteiger partial charge in [0, 0.05) is 18.7 Å². The summed E-state index contributed by atoms with van der Waals surface area (Å²) in [6.45, 7) is 4.22. The van der Waals surface area contributed by atoms with Crippen molar-refractivity contribution in [2.45, 2.75) is 50.5 Å². The summed E-state index contributed by atoms with van der Waals surface area (Å²) in [6.07, 6.45) is 9.46. The van der Waals surface area contributed by atoms with E-state index in [0.717, 1.165) is 32.2 Å². The molecule has 2 N–H and O–H groups in total. The van der Waals surface area contributed by atoms with E-state index >= 15 is 0 Å². The van der Waals surface area contributed by atoms with Gasteiger partial charge in [0.05, 0.1) is 6.61 Å².